The second kappa shape index (κ2) is 6.43. The third kappa shape index (κ3) is 3.10. The lowest BCUT2D eigenvalue weighted by Gasteiger charge is -2.28. The predicted octanol–water partition coefficient (Wildman–Crippen LogP) is 2.49. The lowest BCUT2D eigenvalue weighted by Crippen LogP contribution is -2.38. The fraction of sp³-hybridized carbons (Fsp3) is 0.188. The number of fused-ring (bicyclic) bond motifs is 1. The molecule has 6 nitrogen and oxygen atoms in total. The molecule has 0 aliphatic carbocycles. The molecule has 1 aliphatic rings. The van der Waals surface area contributed by atoms with Crippen LogP contribution in [0.4, 0.5) is 5.69 Å². The third-order valence-corrected chi connectivity index (χ3v) is 5.66. The fourth-order valence-electron chi connectivity index (χ4n) is 2.55. The van der Waals surface area contributed by atoms with E-state index in [1.54, 1.807) is 6.92 Å². The molecular formula is C16H16ClN3O3S. The highest BCUT2D eigenvalue weighted by atomic mass is 35.5. The number of benzene rings is 2. The van der Waals surface area contributed by atoms with Gasteiger partial charge in [-0.05, 0) is 17.7 Å². The normalized spacial score (nSPS) is 16.9. The molecule has 1 atom stereocenters. The molecule has 8 heteroatoms. The molecular weight excluding hydrogens is 350 g/mol. The predicted molar refractivity (Wildman–Crippen MR) is 92.6 cm³/mol. The number of carbonyl (C=O) groups excluding carboxylic acids is 1. The molecule has 0 spiro atoms. The van der Waals surface area contributed by atoms with Gasteiger partial charge in [0.25, 0.3) is 5.91 Å². The minimum Gasteiger partial charge on any atom is -0.361 e. The molecule has 1 heterocycles. The maximum Gasteiger partial charge on any atom is 0.255 e. The molecule has 1 aliphatic heterocycles. The van der Waals surface area contributed by atoms with E-state index >= 15 is 0 Å². The highest BCUT2D eigenvalue weighted by Crippen LogP contribution is 2.33. The molecule has 0 saturated carbocycles. The van der Waals surface area contributed by atoms with E-state index in [9.17, 15) is 13.2 Å². The highest BCUT2D eigenvalue weighted by Gasteiger charge is 2.28. The molecule has 1 unspecified atom stereocenters. The number of sulfonamides is 1. The Morgan fingerprint density at radius 1 is 1.17 bits per heavy atom. The highest BCUT2D eigenvalue weighted by molar-refractivity contribution is 7.89. The molecule has 2 aromatic carbocycles. The van der Waals surface area contributed by atoms with Gasteiger partial charge in [-0.25, -0.2) is 13.1 Å². The Morgan fingerprint density at radius 2 is 1.88 bits per heavy atom. The topological polar surface area (TPSA) is 87.3 Å². The van der Waals surface area contributed by atoms with E-state index in [4.69, 9.17) is 11.6 Å². The molecule has 0 saturated heterocycles. The van der Waals surface area contributed by atoms with Crippen LogP contribution in [0.1, 0.15) is 29.0 Å². The standard InChI is InChI=1S/C16H16ClN3O3S/c1-2-18-24(22,23)14-8-11-13(9-12(14)17)19-15(20-16(11)21)10-6-4-3-5-7-10/h3-9,15,18-19H,2H2,1H3,(H,20,21). The summed E-state index contributed by atoms with van der Waals surface area (Å²) in [5.74, 6) is -0.359. The first-order valence-corrected chi connectivity index (χ1v) is 9.24. The van der Waals surface area contributed by atoms with Crippen molar-refractivity contribution >= 4 is 33.2 Å². The number of rotatable bonds is 4. The molecule has 0 bridgehead atoms. The zero-order chi connectivity index (χ0) is 17.3. The Balaban J connectivity index is 2.01. The van der Waals surface area contributed by atoms with E-state index in [1.165, 1.54) is 12.1 Å². The monoisotopic (exact) mass is 365 g/mol. The van der Waals surface area contributed by atoms with Gasteiger partial charge in [-0.2, -0.15) is 0 Å². The van der Waals surface area contributed by atoms with Crippen molar-refractivity contribution in [2.24, 2.45) is 0 Å². The number of amides is 1. The first-order chi connectivity index (χ1) is 11.4. The number of hydrogen-bond donors (Lipinski definition) is 3. The first-order valence-electron chi connectivity index (χ1n) is 7.38. The number of halogens is 1. The van der Waals surface area contributed by atoms with Crippen molar-refractivity contribution in [3.63, 3.8) is 0 Å². The van der Waals surface area contributed by atoms with Crippen LogP contribution in [-0.2, 0) is 10.0 Å². The van der Waals surface area contributed by atoms with E-state index in [0.717, 1.165) is 5.56 Å². The van der Waals surface area contributed by atoms with Gasteiger partial charge in [0.2, 0.25) is 10.0 Å². The van der Waals surface area contributed by atoms with Gasteiger partial charge in [0.15, 0.2) is 0 Å². The Kier molecular flexibility index (Phi) is 4.49. The van der Waals surface area contributed by atoms with Gasteiger partial charge in [0, 0.05) is 6.54 Å². The summed E-state index contributed by atoms with van der Waals surface area (Å²) in [4.78, 5) is 12.3. The minimum absolute atomic E-state index is 0.0590. The summed E-state index contributed by atoms with van der Waals surface area (Å²) in [6.45, 7) is 1.90. The molecule has 2 aromatic rings. The summed E-state index contributed by atoms with van der Waals surface area (Å²) in [6.07, 6.45) is -0.404. The van der Waals surface area contributed by atoms with Crippen LogP contribution in [0.25, 0.3) is 0 Å². The first kappa shape index (κ1) is 16.8. The van der Waals surface area contributed by atoms with Crippen molar-refractivity contribution in [3.8, 4) is 0 Å². The molecule has 0 fully saturated rings. The molecule has 1 amide bonds. The largest absolute Gasteiger partial charge is 0.361 e. The number of anilines is 1. The van der Waals surface area contributed by atoms with Crippen molar-refractivity contribution in [2.75, 3.05) is 11.9 Å². The average Bonchev–Trinajstić information content (AvgIpc) is 2.54. The van der Waals surface area contributed by atoms with E-state index in [1.807, 2.05) is 30.3 Å². The van der Waals surface area contributed by atoms with Crippen LogP contribution in [-0.4, -0.2) is 20.9 Å². The van der Waals surface area contributed by atoms with Crippen molar-refractivity contribution < 1.29 is 13.2 Å². The Hall–Kier alpha value is -2.09. The number of hydrogen-bond acceptors (Lipinski definition) is 4. The molecule has 0 aromatic heterocycles. The second-order valence-electron chi connectivity index (χ2n) is 5.29. The van der Waals surface area contributed by atoms with E-state index < -0.39 is 16.2 Å². The van der Waals surface area contributed by atoms with Crippen molar-refractivity contribution in [3.05, 3.63) is 58.6 Å². The summed E-state index contributed by atoms with van der Waals surface area (Å²) >= 11 is 6.13. The SMILES string of the molecule is CCNS(=O)(=O)c1cc2c(cc1Cl)NC(c1ccccc1)NC2=O. The van der Waals surface area contributed by atoms with Gasteiger partial charge in [0.05, 0.1) is 16.3 Å². The number of carbonyl (C=O) groups is 1. The van der Waals surface area contributed by atoms with Gasteiger partial charge in [-0.1, -0.05) is 48.9 Å². The van der Waals surface area contributed by atoms with Crippen LogP contribution in [0, 0.1) is 0 Å². The Morgan fingerprint density at radius 3 is 2.54 bits per heavy atom. The fourth-order valence-corrected chi connectivity index (χ4v) is 4.14. The molecule has 24 heavy (non-hydrogen) atoms. The zero-order valence-corrected chi connectivity index (χ0v) is 14.4. The molecule has 3 rings (SSSR count). The summed E-state index contributed by atoms with van der Waals surface area (Å²) in [6, 6.07) is 12.2. The minimum atomic E-state index is -3.75. The van der Waals surface area contributed by atoms with Crippen LogP contribution >= 0.6 is 11.6 Å². The van der Waals surface area contributed by atoms with Crippen LogP contribution in [0.2, 0.25) is 5.02 Å². The second-order valence-corrected chi connectivity index (χ2v) is 7.43. The smallest absolute Gasteiger partial charge is 0.255 e. The van der Waals surface area contributed by atoms with Gasteiger partial charge in [-0.15, -0.1) is 0 Å². The molecule has 126 valence electrons. The van der Waals surface area contributed by atoms with Gasteiger partial charge < -0.3 is 10.6 Å². The van der Waals surface area contributed by atoms with E-state index in [0.29, 0.717) is 5.69 Å². The van der Waals surface area contributed by atoms with Crippen LogP contribution in [0.5, 0.6) is 0 Å². The quantitative estimate of drug-likeness (QED) is 0.776. The van der Waals surface area contributed by atoms with Crippen molar-refractivity contribution in [1.82, 2.24) is 10.0 Å². The lowest BCUT2D eigenvalue weighted by molar-refractivity contribution is 0.0935. The zero-order valence-electron chi connectivity index (χ0n) is 12.8. The van der Waals surface area contributed by atoms with Gasteiger partial charge in [0.1, 0.15) is 11.1 Å². The van der Waals surface area contributed by atoms with Crippen LogP contribution < -0.4 is 15.4 Å². The summed E-state index contributed by atoms with van der Waals surface area (Å²) in [7, 11) is -3.75. The summed E-state index contributed by atoms with van der Waals surface area (Å²) < 4.78 is 26.7. The summed E-state index contributed by atoms with van der Waals surface area (Å²) in [5, 5.41) is 6.03. The summed E-state index contributed by atoms with van der Waals surface area (Å²) in [5.41, 5.74) is 1.62. The maximum absolute atomic E-state index is 12.4. The Bertz CT molecular complexity index is 885. The molecule has 0 radical (unpaired) electrons. The maximum atomic E-state index is 12.4. The average molecular weight is 366 g/mol. The van der Waals surface area contributed by atoms with Gasteiger partial charge >= 0.3 is 0 Å². The van der Waals surface area contributed by atoms with Crippen molar-refractivity contribution in [1.29, 1.82) is 0 Å². The van der Waals surface area contributed by atoms with E-state index in [-0.39, 0.29) is 27.9 Å². The molecule has 3 N–H and O–H groups in total. The van der Waals surface area contributed by atoms with Crippen LogP contribution in [0.15, 0.2) is 47.4 Å². The third-order valence-electron chi connectivity index (χ3n) is 3.65. The van der Waals surface area contributed by atoms with Crippen LogP contribution in [0.3, 0.4) is 0 Å². The lowest BCUT2D eigenvalue weighted by atomic mass is 10.1. The Labute approximate surface area is 145 Å². The van der Waals surface area contributed by atoms with E-state index in [2.05, 4.69) is 15.4 Å². The van der Waals surface area contributed by atoms with Crippen molar-refractivity contribution in [2.45, 2.75) is 18.0 Å². The number of nitrogens with one attached hydrogen (secondary N) is 3. The van der Waals surface area contributed by atoms with Gasteiger partial charge in [-0.3, -0.25) is 4.79 Å².